The maximum Gasteiger partial charge on any atom is 0.347 e. The number of fused-ring (bicyclic) bond motifs is 1. The third kappa shape index (κ3) is 3.00. The number of benzene rings is 1. The van der Waals surface area contributed by atoms with Gasteiger partial charge >= 0.3 is 5.97 Å². The highest BCUT2D eigenvalue weighted by Crippen LogP contribution is 2.30. The van der Waals surface area contributed by atoms with Crippen LogP contribution in [-0.4, -0.2) is 24.5 Å². The van der Waals surface area contributed by atoms with Crippen molar-refractivity contribution in [3.63, 3.8) is 0 Å². The highest BCUT2D eigenvalue weighted by Gasteiger charge is 2.24. The Morgan fingerprint density at radius 3 is 2.80 bits per heavy atom. The molecule has 0 amide bonds. The lowest BCUT2D eigenvalue weighted by Crippen LogP contribution is -2.29. The van der Waals surface area contributed by atoms with Crippen LogP contribution in [0, 0.1) is 0 Å². The maximum atomic E-state index is 11.9. The molecule has 20 heavy (non-hydrogen) atoms. The highest BCUT2D eigenvalue weighted by molar-refractivity contribution is 5.99. The fourth-order valence-electron chi connectivity index (χ4n) is 2.44. The Kier molecular flexibility index (Phi) is 4.77. The molecule has 1 aliphatic carbocycles. The van der Waals surface area contributed by atoms with E-state index in [9.17, 15) is 9.59 Å². The molecule has 2 rings (SSSR count). The summed E-state index contributed by atoms with van der Waals surface area (Å²) < 4.78 is 10.8. The summed E-state index contributed by atoms with van der Waals surface area (Å²) in [5.74, 6) is 0.436. The van der Waals surface area contributed by atoms with E-state index in [-0.39, 0.29) is 11.8 Å². The van der Waals surface area contributed by atoms with E-state index in [1.54, 1.807) is 13.0 Å². The topological polar surface area (TPSA) is 52.6 Å². The molecule has 1 unspecified atom stereocenters. The van der Waals surface area contributed by atoms with E-state index in [1.807, 2.05) is 19.1 Å². The van der Waals surface area contributed by atoms with Crippen LogP contribution in [0.1, 0.15) is 49.0 Å². The monoisotopic (exact) mass is 276 g/mol. The zero-order chi connectivity index (χ0) is 14.5. The Bertz CT molecular complexity index is 507. The summed E-state index contributed by atoms with van der Waals surface area (Å²) in [6.45, 7) is 3.99. The molecule has 0 radical (unpaired) electrons. The van der Waals surface area contributed by atoms with Crippen LogP contribution >= 0.6 is 0 Å². The Balaban J connectivity index is 2.23. The molecule has 0 spiro atoms. The van der Waals surface area contributed by atoms with Gasteiger partial charge in [0.1, 0.15) is 5.75 Å². The molecule has 1 aromatic carbocycles. The number of rotatable bonds is 5. The van der Waals surface area contributed by atoms with Gasteiger partial charge in [-0.1, -0.05) is 19.1 Å². The quantitative estimate of drug-likeness (QED) is 0.776. The van der Waals surface area contributed by atoms with Crippen molar-refractivity contribution in [1.82, 2.24) is 0 Å². The second-order valence-electron chi connectivity index (χ2n) is 4.83. The largest absolute Gasteiger partial charge is 0.478 e. The first-order valence-electron chi connectivity index (χ1n) is 7.15. The van der Waals surface area contributed by atoms with E-state index in [0.717, 1.165) is 24.0 Å². The molecule has 4 heteroatoms. The molecule has 0 heterocycles. The number of carbonyl (C=O) groups excluding carboxylic acids is 2. The number of hydrogen-bond donors (Lipinski definition) is 0. The second kappa shape index (κ2) is 6.55. The minimum absolute atomic E-state index is 0.154. The van der Waals surface area contributed by atoms with E-state index in [4.69, 9.17) is 9.47 Å². The zero-order valence-electron chi connectivity index (χ0n) is 12.0. The Labute approximate surface area is 119 Å². The predicted octanol–water partition coefficient (Wildman–Crippen LogP) is 2.93. The van der Waals surface area contributed by atoms with Gasteiger partial charge < -0.3 is 9.47 Å². The first-order valence-corrected chi connectivity index (χ1v) is 7.15. The molecule has 4 nitrogen and oxygen atoms in total. The fourth-order valence-corrected chi connectivity index (χ4v) is 2.44. The number of Topliss-reactive ketones (excluding diaryl/α,β-unsaturated/α-hetero) is 1. The van der Waals surface area contributed by atoms with Gasteiger partial charge in [0.05, 0.1) is 6.61 Å². The average Bonchev–Trinajstić information content (AvgIpc) is 2.45. The molecule has 0 aliphatic heterocycles. The number of hydrogen-bond acceptors (Lipinski definition) is 4. The SMILES string of the molecule is CCOC(=O)C(CC)Oc1cccc2c1CCCC2=O. The van der Waals surface area contributed by atoms with E-state index < -0.39 is 6.10 Å². The third-order valence-electron chi connectivity index (χ3n) is 3.45. The summed E-state index contributed by atoms with van der Waals surface area (Å²) in [6, 6.07) is 5.45. The number of esters is 1. The lowest BCUT2D eigenvalue weighted by atomic mass is 9.90. The Morgan fingerprint density at radius 1 is 1.30 bits per heavy atom. The lowest BCUT2D eigenvalue weighted by molar-refractivity contribution is -0.151. The van der Waals surface area contributed by atoms with Crippen molar-refractivity contribution in [2.45, 2.75) is 45.6 Å². The zero-order valence-corrected chi connectivity index (χ0v) is 12.0. The smallest absolute Gasteiger partial charge is 0.347 e. The number of carbonyl (C=O) groups is 2. The molecule has 0 saturated carbocycles. The maximum absolute atomic E-state index is 11.9. The minimum atomic E-state index is -0.613. The summed E-state index contributed by atoms with van der Waals surface area (Å²) >= 11 is 0. The first-order chi connectivity index (χ1) is 9.67. The van der Waals surface area contributed by atoms with Crippen molar-refractivity contribution in [3.8, 4) is 5.75 Å². The van der Waals surface area contributed by atoms with Crippen LogP contribution in [0.5, 0.6) is 5.75 Å². The normalized spacial score (nSPS) is 15.4. The summed E-state index contributed by atoms with van der Waals surface area (Å²) in [6.07, 6.45) is 2.17. The molecular weight excluding hydrogens is 256 g/mol. The average molecular weight is 276 g/mol. The lowest BCUT2D eigenvalue weighted by Gasteiger charge is -2.22. The third-order valence-corrected chi connectivity index (χ3v) is 3.45. The molecule has 1 atom stereocenters. The highest BCUT2D eigenvalue weighted by atomic mass is 16.6. The Morgan fingerprint density at radius 2 is 2.10 bits per heavy atom. The van der Waals surface area contributed by atoms with Crippen LogP contribution < -0.4 is 4.74 Å². The molecular formula is C16H20O4. The summed E-state index contributed by atoms with van der Waals surface area (Å²) in [7, 11) is 0. The van der Waals surface area contributed by atoms with Crippen molar-refractivity contribution in [2.24, 2.45) is 0 Å². The van der Waals surface area contributed by atoms with Crippen molar-refractivity contribution in [3.05, 3.63) is 29.3 Å². The van der Waals surface area contributed by atoms with Gasteiger partial charge in [0, 0.05) is 17.5 Å². The molecule has 0 fully saturated rings. The van der Waals surface area contributed by atoms with Gasteiger partial charge in [-0.2, -0.15) is 0 Å². The molecule has 1 aliphatic rings. The van der Waals surface area contributed by atoms with Crippen LogP contribution in [0.3, 0.4) is 0 Å². The van der Waals surface area contributed by atoms with Gasteiger partial charge in [-0.3, -0.25) is 4.79 Å². The van der Waals surface area contributed by atoms with Gasteiger partial charge in [0.25, 0.3) is 0 Å². The predicted molar refractivity (Wildman–Crippen MR) is 75.1 cm³/mol. The van der Waals surface area contributed by atoms with Crippen LogP contribution in [0.2, 0.25) is 0 Å². The molecule has 108 valence electrons. The standard InChI is InChI=1S/C16H20O4/c1-3-14(16(18)19-4-2)20-15-10-6-7-11-12(15)8-5-9-13(11)17/h6-7,10,14H,3-5,8-9H2,1-2H3. The van der Waals surface area contributed by atoms with Gasteiger partial charge in [-0.05, 0) is 32.3 Å². The van der Waals surface area contributed by atoms with Gasteiger partial charge in [0.2, 0.25) is 0 Å². The molecule has 1 aromatic rings. The molecule has 0 saturated heterocycles. The summed E-state index contributed by atoms with van der Waals surface area (Å²) in [4.78, 5) is 23.7. The molecule has 0 bridgehead atoms. The van der Waals surface area contributed by atoms with Crippen molar-refractivity contribution in [2.75, 3.05) is 6.61 Å². The number of ketones is 1. The summed E-state index contributed by atoms with van der Waals surface area (Å²) in [5.41, 5.74) is 1.65. The van der Waals surface area contributed by atoms with Gasteiger partial charge in [0.15, 0.2) is 11.9 Å². The molecule has 0 aromatic heterocycles. The van der Waals surface area contributed by atoms with Crippen LogP contribution in [0.15, 0.2) is 18.2 Å². The number of ether oxygens (including phenoxy) is 2. The van der Waals surface area contributed by atoms with Gasteiger partial charge in [-0.15, -0.1) is 0 Å². The van der Waals surface area contributed by atoms with Crippen LogP contribution in [0.4, 0.5) is 0 Å². The fraction of sp³-hybridized carbons (Fsp3) is 0.500. The van der Waals surface area contributed by atoms with Gasteiger partial charge in [-0.25, -0.2) is 4.79 Å². The van der Waals surface area contributed by atoms with E-state index in [0.29, 0.717) is 25.2 Å². The van der Waals surface area contributed by atoms with E-state index in [2.05, 4.69) is 0 Å². The summed E-state index contributed by atoms with van der Waals surface area (Å²) in [5, 5.41) is 0. The van der Waals surface area contributed by atoms with Crippen molar-refractivity contribution in [1.29, 1.82) is 0 Å². The van der Waals surface area contributed by atoms with E-state index in [1.165, 1.54) is 0 Å². The van der Waals surface area contributed by atoms with Crippen LogP contribution in [0.25, 0.3) is 0 Å². The van der Waals surface area contributed by atoms with Crippen molar-refractivity contribution < 1.29 is 19.1 Å². The van der Waals surface area contributed by atoms with Crippen LogP contribution in [-0.2, 0) is 16.0 Å². The molecule has 0 N–H and O–H groups in total. The second-order valence-corrected chi connectivity index (χ2v) is 4.83. The Hall–Kier alpha value is -1.84. The van der Waals surface area contributed by atoms with Crippen molar-refractivity contribution >= 4 is 11.8 Å². The first kappa shape index (κ1) is 14.6. The minimum Gasteiger partial charge on any atom is -0.478 e. The van der Waals surface area contributed by atoms with E-state index >= 15 is 0 Å².